The monoisotopic (exact) mass is 267 g/mol. The molecule has 18 heavy (non-hydrogen) atoms. The third-order valence-electron chi connectivity index (χ3n) is 2.23. The van der Waals surface area contributed by atoms with E-state index in [9.17, 15) is 0 Å². The Bertz CT molecular complexity index is 404. The zero-order valence-corrected chi connectivity index (χ0v) is 11.3. The van der Waals surface area contributed by atoms with E-state index in [0.717, 1.165) is 31.6 Å². The predicted molar refractivity (Wildman–Crippen MR) is 73.5 cm³/mol. The SMILES string of the molecule is C#CCCCCNc1cc(Cl)nc(COCC)n1. The molecule has 0 unspecified atom stereocenters. The molecule has 0 aliphatic carbocycles. The van der Waals surface area contributed by atoms with E-state index in [-0.39, 0.29) is 0 Å². The highest BCUT2D eigenvalue weighted by Gasteiger charge is 2.03. The molecule has 4 nitrogen and oxygen atoms in total. The largest absolute Gasteiger partial charge is 0.374 e. The van der Waals surface area contributed by atoms with Crippen LogP contribution in [-0.4, -0.2) is 23.1 Å². The summed E-state index contributed by atoms with van der Waals surface area (Å²) in [4.78, 5) is 8.41. The molecule has 0 bridgehead atoms. The van der Waals surface area contributed by atoms with Gasteiger partial charge in [0.25, 0.3) is 0 Å². The predicted octanol–water partition coefficient (Wildman–Crippen LogP) is 2.88. The third kappa shape index (κ3) is 5.85. The molecule has 0 saturated heterocycles. The van der Waals surface area contributed by atoms with Crippen LogP contribution in [0.1, 0.15) is 32.0 Å². The Hall–Kier alpha value is -1.31. The average Bonchev–Trinajstić information content (AvgIpc) is 2.35. The molecule has 0 fully saturated rings. The minimum absolute atomic E-state index is 0.378. The Labute approximate surface area is 113 Å². The summed E-state index contributed by atoms with van der Waals surface area (Å²) in [7, 11) is 0. The first-order valence-corrected chi connectivity index (χ1v) is 6.42. The second-order valence-electron chi connectivity index (χ2n) is 3.72. The quantitative estimate of drug-likeness (QED) is 0.447. The fourth-order valence-corrected chi connectivity index (χ4v) is 1.58. The summed E-state index contributed by atoms with van der Waals surface area (Å²) in [6.45, 7) is 3.76. The number of hydrogen-bond acceptors (Lipinski definition) is 4. The molecule has 0 aliphatic heterocycles. The lowest BCUT2D eigenvalue weighted by Gasteiger charge is -2.07. The van der Waals surface area contributed by atoms with Gasteiger partial charge in [-0.2, -0.15) is 0 Å². The molecule has 1 aromatic rings. The van der Waals surface area contributed by atoms with Gasteiger partial charge in [0.2, 0.25) is 0 Å². The minimum Gasteiger partial charge on any atom is -0.374 e. The number of aromatic nitrogens is 2. The van der Waals surface area contributed by atoms with Crippen molar-refractivity contribution in [1.29, 1.82) is 0 Å². The van der Waals surface area contributed by atoms with Gasteiger partial charge in [-0.05, 0) is 19.8 Å². The lowest BCUT2D eigenvalue weighted by atomic mass is 10.2. The highest BCUT2D eigenvalue weighted by Crippen LogP contribution is 2.12. The van der Waals surface area contributed by atoms with Gasteiger partial charge in [0.1, 0.15) is 17.6 Å². The normalized spacial score (nSPS) is 10.1. The fraction of sp³-hybridized carbons (Fsp3) is 0.538. The standard InChI is InChI=1S/C13H18ClN3O/c1-3-5-6-7-8-15-12-9-11(14)16-13(17-12)10-18-4-2/h1,9H,4-8,10H2,2H3,(H,15,16,17). The number of unbranched alkanes of at least 4 members (excludes halogenated alkanes) is 2. The first-order valence-electron chi connectivity index (χ1n) is 6.04. The highest BCUT2D eigenvalue weighted by atomic mass is 35.5. The van der Waals surface area contributed by atoms with Crippen molar-refractivity contribution in [2.45, 2.75) is 32.8 Å². The van der Waals surface area contributed by atoms with Crippen LogP contribution in [0, 0.1) is 12.3 Å². The van der Waals surface area contributed by atoms with E-state index in [1.807, 2.05) is 6.92 Å². The van der Waals surface area contributed by atoms with Crippen LogP contribution in [0.5, 0.6) is 0 Å². The van der Waals surface area contributed by atoms with E-state index in [0.29, 0.717) is 24.2 Å². The van der Waals surface area contributed by atoms with Crippen LogP contribution in [0.3, 0.4) is 0 Å². The van der Waals surface area contributed by atoms with Crippen molar-refractivity contribution >= 4 is 17.4 Å². The van der Waals surface area contributed by atoms with E-state index in [4.69, 9.17) is 22.8 Å². The topological polar surface area (TPSA) is 47.0 Å². The molecule has 0 radical (unpaired) electrons. The average molecular weight is 268 g/mol. The van der Waals surface area contributed by atoms with E-state index < -0.39 is 0 Å². The van der Waals surface area contributed by atoms with Crippen LogP contribution in [0.15, 0.2) is 6.07 Å². The molecule has 1 aromatic heterocycles. The molecule has 5 heteroatoms. The van der Waals surface area contributed by atoms with Crippen LogP contribution < -0.4 is 5.32 Å². The molecular formula is C13H18ClN3O. The first-order chi connectivity index (χ1) is 8.76. The van der Waals surface area contributed by atoms with E-state index in [1.165, 1.54) is 0 Å². The number of anilines is 1. The molecule has 0 spiro atoms. The molecule has 0 amide bonds. The summed E-state index contributed by atoms with van der Waals surface area (Å²) in [5.74, 6) is 3.94. The number of nitrogens with zero attached hydrogens (tertiary/aromatic N) is 2. The van der Waals surface area contributed by atoms with Gasteiger partial charge >= 0.3 is 0 Å². The summed E-state index contributed by atoms with van der Waals surface area (Å²) in [5, 5.41) is 3.62. The Balaban J connectivity index is 2.44. The Kier molecular flexibility index (Phi) is 7.16. The summed E-state index contributed by atoms with van der Waals surface area (Å²) in [6, 6.07) is 1.71. The first kappa shape index (κ1) is 14.7. The summed E-state index contributed by atoms with van der Waals surface area (Å²) >= 11 is 5.92. The van der Waals surface area contributed by atoms with Crippen molar-refractivity contribution in [3.05, 3.63) is 17.0 Å². The number of halogens is 1. The highest BCUT2D eigenvalue weighted by molar-refractivity contribution is 6.29. The van der Waals surface area contributed by atoms with Crippen molar-refractivity contribution in [3.63, 3.8) is 0 Å². The van der Waals surface area contributed by atoms with Gasteiger partial charge < -0.3 is 10.1 Å². The number of terminal acetylenes is 1. The van der Waals surface area contributed by atoms with Crippen LogP contribution in [0.25, 0.3) is 0 Å². The summed E-state index contributed by atoms with van der Waals surface area (Å²) < 4.78 is 5.25. The molecule has 0 aromatic carbocycles. The molecule has 98 valence electrons. The third-order valence-corrected chi connectivity index (χ3v) is 2.42. The van der Waals surface area contributed by atoms with E-state index >= 15 is 0 Å². The van der Waals surface area contributed by atoms with Crippen LogP contribution in [0.4, 0.5) is 5.82 Å². The van der Waals surface area contributed by atoms with Gasteiger partial charge in [-0.1, -0.05) is 11.6 Å². The second kappa shape index (κ2) is 8.73. The molecule has 0 saturated carbocycles. The zero-order valence-electron chi connectivity index (χ0n) is 10.6. The molecule has 0 aliphatic rings. The smallest absolute Gasteiger partial charge is 0.158 e. The van der Waals surface area contributed by atoms with Gasteiger partial charge in [-0.25, -0.2) is 9.97 Å². The van der Waals surface area contributed by atoms with Gasteiger partial charge in [0.05, 0.1) is 0 Å². The van der Waals surface area contributed by atoms with Gasteiger partial charge in [-0.3, -0.25) is 0 Å². The molecule has 1 heterocycles. The number of nitrogens with one attached hydrogen (secondary N) is 1. The van der Waals surface area contributed by atoms with Crippen molar-refractivity contribution in [2.75, 3.05) is 18.5 Å². The summed E-state index contributed by atoms with van der Waals surface area (Å²) in [6.07, 6.45) is 8.01. The molecular weight excluding hydrogens is 250 g/mol. The Morgan fingerprint density at radius 3 is 3.00 bits per heavy atom. The van der Waals surface area contributed by atoms with Gasteiger partial charge in [-0.15, -0.1) is 12.3 Å². The molecule has 1 rings (SSSR count). The van der Waals surface area contributed by atoms with E-state index in [2.05, 4.69) is 21.2 Å². The Morgan fingerprint density at radius 2 is 2.28 bits per heavy atom. The number of rotatable bonds is 8. The van der Waals surface area contributed by atoms with E-state index in [1.54, 1.807) is 6.07 Å². The maximum Gasteiger partial charge on any atom is 0.158 e. The van der Waals surface area contributed by atoms with Crippen molar-refractivity contribution in [3.8, 4) is 12.3 Å². The number of hydrogen-bond donors (Lipinski definition) is 1. The molecule has 1 N–H and O–H groups in total. The van der Waals surface area contributed by atoms with Crippen molar-refractivity contribution in [1.82, 2.24) is 9.97 Å². The molecule has 0 atom stereocenters. The van der Waals surface area contributed by atoms with Gasteiger partial charge in [0.15, 0.2) is 5.82 Å². The fourth-order valence-electron chi connectivity index (χ4n) is 1.38. The zero-order chi connectivity index (χ0) is 13.2. The maximum atomic E-state index is 5.92. The van der Waals surface area contributed by atoms with Crippen LogP contribution in [0.2, 0.25) is 5.15 Å². The van der Waals surface area contributed by atoms with Gasteiger partial charge in [0, 0.05) is 25.6 Å². The second-order valence-corrected chi connectivity index (χ2v) is 4.10. The van der Waals surface area contributed by atoms with Crippen LogP contribution in [-0.2, 0) is 11.3 Å². The number of ether oxygens (including phenoxy) is 1. The van der Waals surface area contributed by atoms with Crippen molar-refractivity contribution in [2.24, 2.45) is 0 Å². The van der Waals surface area contributed by atoms with Crippen LogP contribution >= 0.6 is 11.6 Å². The minimum atomic E-state index is 0.378. The summed E-state index contributed by atoms with van der Waals surface area (Å²) in [5.41, 5.74) is 0. The Morgan fingerprint density at radius 1 is 1.44 bits per heavy atom. The lowest BCUT2D eigenvalue weighted by molar-refractivity contribution is 0.128. The maximum absolute atomic E-state index is 5.92. The van der Waals surface area contributed by atoms with Crippen molar-refractivity contribution < 1.29 is 4.74 Å². The lowest BCUT2D eigenvalue weighted by Crippen LogP contribution is -2.07.